The Morgan fingerprint density at radius 1 is 1.05 bits per heavy atom. The van der Waals surface area contributed by atoms with Crippen molar-refractivity contribution in [2.45, 2.75) is 90.2 Å². The number of amides is 3. The summed E-state index contributed by atoms with van der Waals surface area (Å²) in [5.74, 6) is -0.301. The van der Waals surface area contributed by atoms with Crippen molar-refractivity contribution >= 4 is 34.8 Å². The van der Waals surface area contributed by atoms with Crippen LogP contribution < -0.4 is 5.32 Å². The number of esters is 1. The van der Waals surface area contributed by atoms with Crippen LogP contribution >= 0.6 is 0 Å². The first-order valence-electron chi connectivity index (χ1n) is 15.7. The summed E-state index contributed by atoms with van der Waals surface area (Å²) in [5, 5.41) is 4.24. The molecule has 0 saturated carbocycles. The van der Waals surface area contributed by atoms with Crippen LogP contribution in [0.1, 0.15) is 77.7 Å². The minimum absolute atomic E-state index is 0.0810. The fourth-order valence-corrected chi connectivity index (χ4v) is 6.13. The maximum Gasteiger partial charge on any atom is 0.410 e. The molecule has 0 spiro atoms. The number of nitrogens with zero attached hydrogens (tertiary/aromatic N) is 2. The van der Waals surface area contributed by atoms with E-state index < -0.39 is 5.60 Å². The first-order chi connectivity index (χ1) is 20.5. The normalized spacial score (nSPS) is 18.7. The van der Waals surface area contributed by atoms with Crippen LogP contribution in [0.5, 0.6) is 0 Å². The number of carbonyl (C=O) groups is 4. The SMILES string of the molecule is COC(=O)CC(CCc1c[nH]c2ccccc12)NC(=O)[C@@H]1CCCN(C(=O)CCC2CCN(C(=O)OC(C)(C)C)CC2)C1. The molecule has 43 heavy (non-hydrogen) atoms. The zero-order valence-corrected chi connectivity index (χ0v) is 26.2. The number of methoxy groups -OCH3 is 1. The van der Waals surface area contributed by atoms with Crippen molar-refractivity contribution in [2.75, 3.05) is 33.3 Å². The molecule has 10 heteroatoms. The van der Waals surface area contributed by atoms with Gasteiger partial charge in [0.1, 0.15) is 5.60 Å². The molecule has 2 aromatic rings. The lowest BCUT2D eigenvalue weighted by Crippen LogP contribution is -2.48. The summed E-state index contributed by atoms with van der Waals surface area (Å²) in [4.78, 5) is 57.8. The minimum Gasteiger partial charge on any atom is -0.469 e. The van der Waals surface area contributed by atoms with E-state index in [2.05, 4.69) is 16.4 Å². The molecule has 0 bridgehead atoms. The lowest BCUT2D eigenvalue weighted by atomic mass is 9.91. The summed E-state index contributed by atoms with van der Waals surface area (Å²) >= 11 is 0. The topological polar surface area (TPSA) is 121 Å². The number of H-pyrrole nitrogens is 1. The van der Waals surface area contributed by atoms with E-state index in [1.165, 1.54) is 7.11 Å². The van der Waals surface area contributed by atoms with Crippen molar-refractivity contribution in [1.29, 1.82) is 0 Å². The van der Waals surface area contributed by atoms with Gasteiger partial charge >= 0.3 is 12.1 Å². The monoisotopic (exact) mass is 596 g/mol. The highest BCUT2D eigenvalue weighted by Crippen LogP contribution is 2.26. The van der Waals surface area contributed by atoms with Gasteiger partial charge in [0, 0.05) is 55.7 Å². The summed E-state index contributed by atoms with van der Waals surface area (Å²) < 4.78 is 10.4. The smallest absolute Gasteiger partial charge is 0.410 e. The third-order valence-electron chi connectivity index (χ3n) is 8.60. The molecular formula is C33H48N4O6. The Labute approximate surface area is 254 Å². The zero-order chi connectivity index (χ0) is 31.0. The second-order valence-corrected chi connectivity index (χ2v) is 13.0. The molecule has 2 saturated heterocycles. The molecular weight excluding hydrogens is 548 g/mol. The quantitative estimate of drug-likeness (QED) is 0.380. The van der Waals surface area contributed by atoms with Gasteiger partial charge in [-0.3, -0.25) is 14.4 Å². The van der Waals surface area contributed by atoms with Crippen molar-refractivity contribution in [1.82, 2.24) is 20.1 Å². The first-order valence-corrected chi connectivity index (χ1v) is 15.7. The molecule has 10 nitrogen and oxygen atoms in total. The Hall–Kier alpha value is -3.56. The average molecular weight is 597 g/mol. The van der Waals surface area contributed by atoms with Gasteiger partial charge in [0.2, 0.25) is 11.8 Å². The van der Waals surface area contributed by atoms with E-state index in [0.29, 0.717) is 57.8 Å². The van der Waals surface area contributed by atoms with Crippen molar-refractivity contribution in [2.24, 2.45) is 11.8 Å². The third-order valence-corrected chi connectivity index (χ3v) is 8.60. The number of carbonyl (C=O) groups excluding carboxylic acids is 4. The highest BCUT2D eigenvalue weighted by Gasteiger charge is 2.31. The Bertz CT molecular complexity index is 1260. The number of hydrogen-bond acceptors (Lipinski definition) is 6. The van der Waals surface area contributed by atoms with Gasteiger partial charge in [0.25, 0.3) is 0 Å². The summed E-state index contributed by atoms with van der Waals surface area (Å²) in [7, 11) is 1.36. The van der Waals surface area contributed by atoms with Crippen LogP contribution in [0.4, 0.5) is 4.79 Å². The third kappa shape index (κ3) is 9.46. The Kier molecular flexibility index (Phi) is 11.1. The molecule has 2 fully saturated rings. The lowest BCUT2D eigenvalue weighted by Gasteiger charge is -2.35. The number of benzene rings is 1. The van der Waals surface area contributed by atoms with Crippen LogP contribution in [0.25, 0.3) is 10.9 Å². The maximum atomic E-state index is 13.3. The number of piperidine rings is 2. The second-order valence-electron chi connectivity index (χ2n) is 13.0. The van der Waals surface area contributed by atoms with Gasteiger partial charge in [-0.15, -0.1) is 0 Å². The van der Waals surface area contributed by atoms with Crippen LogP contribution in [0.3, 0.4) is 0 Å². The lowest BCUT2D eigenvalue weighted by molar-refractivity contribution is -0.141. The van der Waals surface area contributed by atoms with Crippen molar-refractivity contribution < 1.29 is 28.7 Å². The van der Waals surface area contributed by atoms with Gasteiger partial charge < -0.3 is 29.6 Å². The molecule has 2 aliphatic rings. The first kappa shape index (κ1) is 32.4. The number of fused-ring (bicyclic) bond motifs is 1. The van der Waals surface area contributed by atoms with Crippen LogP contribution in [-0.2, 0) is 30.3 Å². The van der Waals surface area contributed by atoms with Gasteiger partial charge in [-0.1, -0.05) is 18.2 Å². The summed E-state index contributed by atoms with van der Waals surface area (Å²) in [6.45, 7) is 7.95. The number of nitrogens with one attached hydrogen (secondary N) is 2. The van der Waals surface area contributed by atoms with E-state index in [9.17, 15) is 19.2 Å². The van der Waals surface area contributed by atoms with Gasteiger partial charge in [-0.05, 0) is 83.3 Å². The number of hydrogen-bond donors (Lipinski definition) is 2. The zero-order valence-electron chi connectivity index (χ0n) is 26.2. The molecule has 0 radical (unpaired) electrons. The Morgan fingerprint density at radius 2 is 1.79 bits per heavy atom. The molecule has 3 heterocycles. The number of para-hydroxylation sites is 1. The Balaban J connectivity index is 1.24. The van der Waals surface area contributed by atoms with Gasteiger partial charge in [0.05, 0.1) is 19.4 Å². The molecule has 2 aliphatic heterocycles. The number of likely N-dealkylation sites (tertiary alicyclic amines) is 2. The largest absolute Gasteiger partial charge is 0.469 e. The fourth-order valence-electron chi connectivity index (χ4n) is 6.13. The Morgan fingerprint density at radius 3 is 2.51 bits per heavy atom. The average Bonchev–Trinajstić information content (AvgIpc) is 3.41. The summed E-state index contributed by atoms with van der Waals surface area (Å²) in [6, 6.07) is 7.72. The molecule has 3 amide bonds. The fraction of sp³-hybridized carbons (Fsp3) is 0.636. The minimum atomic E-state index is -0.510. The van der Waals surface area contributed by atoms with Crippen molar-refractivity contribution in [3.8, 4) is 0 Å². The molecule has 0 aliphatic carbocycles. The van der Waals surface area contributed by atoms with E-state index >= 15 is 0 Å². The molecule has 2 atom stereocenters. The summed E-state index contributed by atoms with van der Waals surface area (Å²) in [5.41, 5.74) is 1.69. The summed E-state index contributed by atoms with van der Waals surface area (Å²) in [6.07, 6.45) is 7.55. The van der Waals surface area contributed by atoms with Crippen LogP contribution in [-0.4, -0.2) is 83.6 Å². The molecule has 1 unspecified atom stereocenters. The predicted octanol–water partition coefficient (Wildman–Crippen LogP) is 4.81. The van der Waals surface area contributed by atoms with Crippen LogP contribution in [0.15, 0.2) is 30.5 Å². The van der Waals surface area contributed by atoms with E-state index in [1.807, 2.05) is 50.1 Å². The predicted molar refractivity (Wildman–Crippen MR) is 164 cm³/mol. The van der Waals surface area contributed by atoms with Crippen LogP contribution in [0, 0.1) is 11.8 Å². The molecule has 236 valence electrons. The highest BCUT2D eigenvalue weighted by atomic mass is 16.6. The van der Waals surface area contributed by atoms with Crippen molar-refractivity contribution in [3.63, 3.8) is 0 Å². The second kappa shape index (κ2) is 14.8. The van der Waals surface area contributed by atoms with Crippen molar-refractivity contribution in [3.05, 3.63) is 36.0 Å². The standard InChI is InChI=1S/C33H48N4O6/c1-33(2,3)43-32(41)36-18-15-23(16-19-36)11-14-29(38)37-17-7-8-25(22-37)31(40)35-26(20-30(39)42-4)13-12-24-21-34-28-10-6-5-9-27(24)28/h5-6,9-10,21,23,25-26,34H,7-8,11-20,22H2,1-4H3,(H,35,40)/t25-,26?/m1/s1. The number of rotatable bonds is 10. The van der Waals surface area contributed by atoms with E-state index in [-0.39, 0.29) is 42.3 Å². The maximum absolute atomic E-state index is 13.3. The number of aromatic amines is 1. The van der Waals surface area contributed by atoms with Gasteiger partial charge in [-0.25, -0.2) is 4.79 Å². The number of ether oxygens (including phenoxy) is 2. The highest BCUT2D eigenvalue weighted by molar-refractivity contribution is 5.83. The molecule has 4 rings (SSSR count). The number of aromatic nitrogens is 1. The molecule has 1 aromatic heterocycles. The van der Waals surface area contributed by atoms with Crippen LogP contribution in [0.2, 0.25) is 0 Å². The van der Waals surface area contributed by atoms with E-state index in [0.717, 1.165) is 42.1 Å². The molecule has 2 N–H and O–H groups in total. The molecule has 1 aromatic carbocycles. The van der Waals surface area contributed by atoms with Gasteiger partial charge in [0.15, 0.2) is 0 Å². The van der Waals surface area contributed by atoms with E-state index in [1.54, 1.807) is 4.90 Å². The van der Waals surface area contributed by atoms with Gasteiger partial charge in [-0.2, -0.15) is 0 Å². The van der Waals surface area contributed by atoms with E-state index in [4.69, 9.17) is 9.47 Å². The number of aryl methyl sites for hydroxylation is 1.